The molecule has 116 valence electrons. The van der Waals surface area contributed by atoms with Gasteiger partial charge < -0.3 is 15.3 Å². The first-order valence-corrected chi connectivity index (χ1v) is 8.23. The highest BCUT2D eigenvalue weighted by Crippen LogP contribution is 2.21. The van der Waals surface area contributed by atoms with Crippen LogP contribution in [0.15, 0.2) is 16.8 Å². The van der Waals surface area contributed by atoms with Crippen LogP contribution in [-0.2, 0) is 4.79 Å². The van der Waals surface area contributed by atoms with Crippen molar-refractivity contribution in [2.24, 2.45) is 0 Å². The van der Waals surface area contributed by atoms with Crippen molar-refractivity contribution in [1.29, 1.82) is 0 Å². The molecule has 0 radical (unpaired) electrons. The van der Waals surface area contributed by atoms with Crippen molar-refractivity contribution in [3.63, 3.8) is 0 Å². The summed E-state index contributed by atoms with van der Waals surface area (Å²) < 4.78 is 0. The highest BCUT2D eigenvalue weighted by Gasteiger charge is 2.26. The molecule has 1 aliphatic rings. The van der Waals surface area contributed by atoms with Gasteiger partial charge in [-0.05, 0) is 37.6 Å². The van der Waals surface area contributed by atoms with E-state index in [2.05, 4.69) is 5.32 Å². The number of aliphatic hydroxyl groups is 1. The highest BCUT2D eigenvalue weighted by atomic mass is 32.1. The molecule has 0 aliphatic carbocycles. The number of rotatable bonds is 4. The second kappa shape index (κ2) is 7.04. The monoisotopic (exact) mass is 310 g/mol. The molecular weight excluding hydrogens is 288 g/mol. The molecule has 1 unspecified atom stereocenters. The quantitative estimate of drug-likeness (QED) is 0.888. The smallest absolute Gasteiger partial charge is 0.252 e. The number of carbonyl (C=O) groups excluding carboxylic acids is 2. The lowest BCUT2D eigenvalue weighted by Crippen LogP contribution is -2.36. The molecule has 0 aromatic carbocycles. The maximum Gasteiger partial charge on any atom is 0.252 e. The molecule has 0 spiro atoms. The number of thiophene rings is 1. The molecule has 2 N–H and O–H groups in total. The van der Waals surface area contributed by atoms with Gasteiger partial charge in [-0.2, -0.15) is 11.3 Å². The topological polar surface area (TPSA) is 69.6 Å². The Kier molecular flexibility index (Phi) is 5.36. The average Bonchev–Trinajstić information content (AvgIpc) is 2.90. The Morgan fingerprint density at radius 1 is 1.43 bits per heavy atom. The van der Waals surface area contributed by atoms with Gasteiger partial charge >= 0.3 is 0 Å². The van der Waals surface area contributed by atoms with Crippen LogP contribution in [0.5, 0.6) is 0 Å². The molecule has 2 amide bonds. The molecule has 5 nitrogen and oxygen atoms in total. The largest absolute Gasteiger partial charge is 0.390 e. The van der Waals surface area contributed by atoms with Crippen LogP contribution in [0.4, 0.5) is 0 Å². The molecule has 2 heterocycles. The Morgan fingerprint density at radius 3 is 2.95 bits per heavy atom. The predicted octanol–water partition coefficient (Wildman–Crippen LogP) is 1.63. The van der Waals surface area contributed by atoms with Gasteiger partial charge in [-0.1, -0.05) is 0 Å². The second-order valence-electron chi connectivity index (χ2n) is 5.75. The molecule has 6 heteroatoms. The van der Waals surface area contributed by atoms with Crippen molar-refractivity contribution in [2.75, 3.05) is 19.6 Å². The summed E-state index contributed by atoms with van der Waals surface area (Å²) in [5, 5.41) is 16.4. The fraction of sp³-hybridized carbons (Fsp3) is 0.600. The van der Waals surface area contributed by atoms with E-state index in [9.17, 15) is 14.7 Å². The molecule has 1 saturated heterocycles. The maximum absolute atomic E-state index is 12.1. The molecule has 0 saturated carbocycles. The van der Waals surface area contributed by atoms with Gasteiger partial charge in [-0.3, -0.25) is 9.59 Å². The van der Waals surface area contributed by atoms with E-state index < -0.39 is 5.60 Å². The molecular formula is C15H22N2O3S. The zero-order valence-electron chi connectivity index (χ0n) is 12.3. The van der Waals surface area contributed by atoms with Crippen molar-refractivity contribution in [1.82, 2.24) is 10.2 Å². The lowest BCUT2D eigenvalue weighted by molar-refractivity contribution is -0.131. The van der Waals surface area contributed by atoms with E-state index in [0.29, 0.717) is 38.0 Å². The van der Waals surface area contributed by atoms with Gasteiger partial charge in [-0.15, -0.1) is 0 Å². The van der Waals surface area contributed by atoms with E-state index >= 15 is 0 Å². The Balaban J connectivity index is 1.73. The molecule has 21 heavy (non-hydrogen) atoms. The summed E-state index contributed by atoms with van der Waals surface area (Å²) in [6.45, 7) is 3.44. The molecule has 1 fully saturated rings. The van der Waals surface area contributed by atoms with Crippen LogP contribution < -0.4 is 5.32 Å². The first kappa shape index (κ1) is 16.0. The molecule has 1 aromatic rings. The minimum Gasteiger partial charge on any atom is -0.390 e. The molecule has 1 atom stereocenters. The van der Waals surface area contributed by atoms with Crippen molar-refractivity contribution in [2.45, 2.75) is 38.2 Å². The summed E-state index contributed by atoms with van der Waals surface area (Å²) in [6.07, 6.45) is 2.46. The van der Waals surface area contributed by atoms with Crippen LogP contribution in [0, 0.1) is 0 Å². The SMILES string of the molecule is CC1(O)CCCN(C(=O)CCNC(=O)c2ccsc2)CC1. The lowest BCUT2D eigenvalue weighted by atomic mass is 9.98. The highest BCUT2D eigenvalue weighted by molar-refractivity contribution is 7.08. The summed E-state index contributed by atoms with van der Waals surface area (Å²) in [6, 6.07) is 1.76. The van der Waals surface area contributed by atoms with Gasteiger partial charge in [0.15, 0.2) is 0 Å². The molecule has 1 aromatic heterocycles. The Bertz CT molecular complexity index is 485. The first-order valence-electron chi connectivity index (χ1n) is 7.28. The molecule has 2 rings (SSSR count). The zero-order valence-corrected chi connectivity index (χ0v) is 13.1. The predicted molar refractivity (Wildman–Crippen MR) is 82.3 cm³/mol. The van der Waals surface area contributed by atoms with Crippen LogP contribution in [0.2, 0.25) is 0 Å². The number of carbonyl (C=O) groups is 2. The maximum atomic E-state index is 12.1. The fourth-order valence-corrected chi connectivity index (χ4v) is 3.09. The summed E-state index contributed by atoms with van der Waals surface area (Å²) in [7, 11) is 0. The number of likely N-dealkylation sites (tertiary alicyclic amines) is 1. The van der Waals surface area contributed by atoms with Crippen LogP contribution in [0.25, 0.3) is 0 Å². The van der Waals surface area contributed by atoms with Crippen LogP contribution in [0.1, 0.15) is 43.0 Å². The summed E-state index contributed by atoms with van der Waals surface area (Å²) in [4.78, 5) is 25.7. The van der Waals surface area contributed by atoms with Gasteiger partial charge in [0.1, 0.15) is 0 Å². The third-order valence-corrected chi connectivity index (χ3v) is 4.51. The van der Waals surface area contributed by atoms with Gasteiger partial charge in [0, 0.05) is 37.0 Å². The first-order chi connectivity index (χ1) is 9.98. The lowest BCUT2D eigenvalue weighted by Gasteiger charge is -2.22. The van der Waals surface area contributed by atoms with E-state index in [1.165, 1.54) is 11.3 Å². The van der Waals surface area contributed by atoms with Crippen molar-refractivity contribution < 1.29 is 14.7 Å². The average molecular weight is 310 g/mol. The van der Waals surface area contributed by atoms with E-state index in [1.807, 2.05) is 12.3 Å². The molecule has 1 aliphatic heterocycles. The number of hydrogen-bond donors (Lipinski definition) is 2. The Labute approximate surface area is 129 Å². The van der Waals surface area contributed by atoms with E-state index in [-0.39, 0.29) is 11.8 Å². The zero-order chi connectivity index (χ0) is 15.3. The normalized spacial score (nSPS) is 22.7. The van der Waals surface area contributed by atoms with E-state index in [0.717, 1.165) is 12.8 Å². The fourth-order valence-electron chi connectivity index (χ4n) is 2.45. The van der Waals surface area contributed by atoms with Crippen molar-refractivity contribution >= 4 is 23.2 Å². The summed E-state index contributed by atoms with van der Waals surface area (Å²) in [5.41, 5.74) is -0.0272. The second-order valence-corrected chi connectivity index (χ2v) is 6.53. The van der Waals surface area contributed by atoms with Gasteiger partial charge in [-0.25, -0.2) is 0 Å². The summed E-state index contributed by atoms with van der Waals surface area (Å²) >= 11 is 1.47. The third-order valence-electron chi connectivity index (χ3n) is 3.82. The number of nitrogens with zero attached hydrogens (tertiary/aromatic N) is 1. The minimum absolute atomic E-state index is 0.0401. The molecule has 0 bridgehead atoms. The van der Waals surface area contributed by atoms with Crippen LogP contribution >= 0.6 is 11.3 Å². The Hall–Kier alpha value is -1.40. The van der Waals surface area contributed by atoms with Crippen molar-refractivity contribution in [3.05, 3.63) is 22.4 Å². The van der Waals surface area contributed by atoms with Crippen LogP contribution in [-0.4, -0.2) is 47.1 Å². The number of nitrogens with one attached hydrogen (secondary N) is 1. The van der Waals surface area contributed by atoms with Gasteiger partial charge in [0.25, 0.3) is 5.91 Å². The van der Waals surface area contributed by atoms with Gasteiger partial charge in [0.2, 0.25) is 5.91 Å². The van der Waals surface area contributed by atoms with Crippen LogP contribution in [0.3, 0.4) is 0 Å². The minimum atomic E-state index is -0.664. The van der Waals surface area contributed by atoms with Gasteiger partial charge in [0.05, 0.1) is 5.60 Å². The summed E-state index contributed by atoms with van der Waals surface area (Å²) in [5.74, 6) is -0.0961. The number of hydrogen-bond acceptors (Lipinski definition) is 4. The third kappa shape index (κ3) is 4.82. The van der Waals surface area contributed by atoms with Crippen molar-refractivity contribution in [3.8, 4) is 0 Å². The van der Waals surface area contributed by atoms with E-state index in [1.54, 1.807) is 16.3 Å². The standard InChI is InChI=1S/C15H22N2O3S/c1-15(20)5-2-8-17(9-6-15)13(18)3-7-16-14(19)12-4-10-21-11-12/h4,10-11,20H,2-3,5-9H2,1H3,(H,16,19). The Morgan fingerprint density at radius 2 is 2.24 bits per heavy atom. The number of amides is 2. The van der Waals surface area contributed by atoms with E-state index in [4.69, 9.17) is 0 Å².